The van der Waals surface area contributed by atoms with Crippen LogP contribution in [0.2, 0.25) is 0 Å². The molecule has 2 atom stereocenters. The Morgan fingerprint density at radius 2 is 1.74 bits per heavy atom. The van der Waals surface area contributed by atoms with Gasteiger partial charge >= 0.3 is 0 Å². The maximum absolute atomic E-state index is 2.46. The van der Waals surface area contributed by atoms with Crippen molar-refractivity contribution in [2.24, 2.45) is 5.92 Å². The molecule has 94 valence electrons. The fourth-order valence-corrected chi connectivity index (χ4v) is 3.75. The summed E-state index contributed by atoms with van der Waals surface area (Å²) in [5, 5.41) is 0. The van der Waals surface area contributed by atoms with Gasteiger partial charge in [0.1, 0.15) is 0 Å². The van der Waals surface area contributed by atoms with Crippen LogP contribution in [-0.4, -0.2) is 0 Å². The highest BCUT2D eigenvalue weighted by molar-refractivity contribution is 5.65. The summed E-state index contributed by atoms with van der Waals surface area (Å²) in [7, 11) is 0. The van der Waals surface area contributed by atoms with Gasteiger partial charge in [-0.3, -0.25) is 0 Å². The smallest absolute Gasteiger partial charge is 0.0138 e. The molecule has 1 saturated carbocycles. The van der Waals surface area contributed by atoms with E-state index in [4.69, 9.17) is 0 Å². The number of hydrogen-bond acceptors (Lipinski definition) is 0. The summed E-state index contributed by atoms with van der Waals surface area (Å²) in [4.78, 5) is 0. The second-order valence-corrected chi connectivity index (χ2v) is 5.96. The van der Waals surface area contributed by atoms with Gasteiger partial charge in [0, 0.05) is 5.41 Å². The normalized spacial score (nSPS) is 27.9. The molecule has 4 rings (SSSR count). The van der Waals surface area contributed by atoms with Gasteiger partial charge in [-0.25, -0.2) is 0 Å². The van der Waals surface area contributed by atoms with Crippen LogP contribution >= 0.6 is 0 Å². The molecule has 1 fully saturated rings. The Morgan fingerprint density at radius 3 is 2.42 bits per heavy atom. The zero-order valence-corrected chi connectivity index (χ0v) is 11.0. The molecule has 2 bridgehead atoms. The van der Waals surface area contributed by atoms with Gasteiger partial charge in [-0.1, -0.05) is 66.7 Å². The largest absolute Gasteiger partial charge is 0.0845 e. The second kappa shape index (κ2) is 4.09. The highest BCUT2D eigenvalue weighted by Gasteiger charge is 2.41. The predicted molar refractivity (Wildman–Crippen MR) is 80.0 cm³/mol. The molecule has 2 unspecified atom stereocenters. The van der Waals surface area contributed by atoms with Crippen molar-refractivity contribution in [3.05, 3.63) is 72.3 Å². The van der Waals surface area contributed by atoms with E-state index < -0.39 is 0 Å². The van der Waals surface area contributed by atoms with Crippen LogP contribution in [0.15, 0.2) is 66.7 Å². The Labute approximate surface area is 114 Å². The molecule has 0 aromatic heterocycles. The molecule has 2 aromatic carbocycles. The molecule has 0 heterocycles. The number of hydrogen-bond donors (Lipinski definition) is 0. The van der Waals surface area contributed by atoms with Crippen molar-refractivity contribution in [1.29, 1.82) is 0 Å². The zero-order chi connectivity index (χ0) is 12.7. The van der Waals surface area contributed by atoms with E-state index in [2.05, 4.69) is 66.7 Å². The lowest BCUT2D eigenvalue weighted by Crippen LogP contribution is -2.17. The van der Waals surface area contributed by atoms with Crippen LogP contribution in [0.5, 0.6) is 0 Å². The molecular weight excluding hydrogens is 228 g/mol. The molecule has 19 heavy (non-hydrogen) atoms. The Bertz CT molecular complexity index is 623. The molecule has 0 aliphatic heterocycles. The van der Waals surface area contributed by atoms with E-state index in [0.29, 0.717) is 5.41 Å². The van der Waals surface area contributed by atoms with Crippen molar-refractivity contribution >= 4 is 0 Å². The number of allylic oxidation sites excluding steroid dienone is 2. The average molecular weight is 246 g/mol. The van der Waals surface area contributed by atoms with E-state index in [1.54, 1.807) is 0 Å². The van der Waals surface area contributed by atoms with Crippen molar-refractivity contribution < 1.29 is 0 Å². The second-order valence-electron chi connectivity index (χ2n) is 5.96. The first-order chi connectivity index (χ1) is 9.36. The van der Waals surface area contributed by atoms with Gasteiger partial charge in [0.25, 0.3) is 0 Å². The fraction of sp³-hybridized carbons (Fsp3) is 0.263. The standard InChI is InChI=1S/C19H18/c1-2-5-16(6-3-1)17-7-4-8-18(13-17)19-11-9-15(14-19)10-12-19/h1-9,11,13,15H,10,12,14H2. The van der Waals surface area contributed by atoms with Gasteiger partial charge in [-0.05, 0) is 41.9 Å². The monoisotopic (exact) mass is 246 g/mol. The summed E-state index contributed by atoms with van der Waals surface area (Å²) < 4.78 is 0. The number of rotatable bonds is 2. The minimum Gasteiger partial charge on any atom is -0.0845 e. The Balaban J connectivity index is 1.77. The summed E-state index contributed by atoms with van der Waals surface area (Å²) in [6, 6.07) is 19.8. The van der Waals surface area contributed by atoms with Crippen molar-refractivity contribution in [1.82, 2.24) is 0 Å². The van der Waals surface area contributed by atoms with Crippen molar-refractivity contribution in [2.45, 2.75) is 24.7 Å². The molecule has 0 spiro atoms. The van der Waals surface area contributed by atoms with E-state index in [1.807, 2.05) is 0 Å². The van der Waals surface area contributed by atoms with Crippen molar-refractivity contribution in [2.75, 3.05) is 0 Å². The van der Waals surface area contributed by atoms with Crippen LogP contribution in [-0.2, 0) is 5.41 Å². The van der Waals surface area contributed by atoms with E-state index in [9.17, 15) is 0 Å². The molecule has 2 aliphatic carbocycles. The predicted octanol–water partition coefficient (Wildman–Crippen LogP) is 4.96. The van der Waals surface area contributed by atoms with Crippen LogP contribution in [0, 0.1) is 5.92 Å². The van der Waals surface area contributed by atoms with E-state index >= 15 is 0 Å². The highest BCUT2D eigenvalue weighted by atomic mass is 14.5. The average Bonchev–Trinajstić information content (AvgIpc) is 3.10. The van der Waals surface area contributed by atoms with E-state index in [1.165, 1.54) is 36.0 Å². The molecule has 0 heteroatoms. The minimum atomic E-state index is 0.343. The lowest BCUT2D eigenvalue weighted by molar-refractivity contribution is 0.567. The third-order valence-corrected chi connectivity index (χ3v) is 4.82. The van der Waals surface area contributed by atoms with Crippen LogP contribution in [0.25, 0.3) is 11.1 Å². The van der Waals surface area contributed by atoms with Gasteiger partial charge < -0.3 is 0 Å². The Kier molecular flexibility index (Phi) is 2.38. The quantitative estimate of drug-likeness (QED) is 0.657. The van der Waals surface area contributed by atoms with Gasteiger partial charge in [-0.2, -0.15) is 0 Å². The minimum absolute atomic E-state index is 0.343. The molecule has 0 saturated heterocycles. The van der Waals surface area contributed by atoms with Gasteiger partial charge in [0.05, 0.1) is 0 Å². The summed E-state index contributed by atoms with van der Waals surface area (Å²) in [6.45, 7) is 0. The van der Waals surface area contributed by atoms with E-state index in [-0.39, 0.29) is 0 Å². The maximum atomic E-state index is 2.46. The maximum Gasteiger partial charge on any atom is 0.0138 e. The van der Waals surface area contributed by atoms with Crippen molar-refractivity contribution in [3.63, 3.8) is 0 Å². The molecule has 0 amide bonds. The van der Waals surface area contributed by atoms with Crippen LogP contribution in [0.4, 0.5) is 0 Å². The van der Waals surface area contributed by atoms with Crippen molar-refractivity contribution in [3.8, 4) is 11.1 Å². The first kappa shape index (κ1) is 11.0. The first-order valence-electron chi connectivity index (χ1n) is 7.21. The molecule has 2 aliphatic rings. The highest BCUT2D eigenvalue weighted by Crippen LogP contribution is 2.51. The number of fused-ring (bicyclic) bond motifs is 2. The third-order valence-electron chi connectivity index (χ3n) is 4.82. The Hall–Kier alpha value is -1.82. The summed E-state index contributed by atoms with van der Waals surface area (Å²) >= 11 is 0. The zero-order valence-electron chi connectivity index (χ0n) is 11.0. The molecule has 0 nitrogen and oxygen atoms in total. The SMILES string of the molecule is C1=CC2(c3cccc(-c4ccccc4)c3)CCC1C2. The van der Waals surface area contributed by atoms with E-state index in [0.717, 1.165) is 5.92 Å². The Morgan fingerprint density at radius 1 is 0.895 bits per heavy atom. The van der Waals surface area contributed by atoms with Gasteiger partial charge in [-0.15, -0.1) is 0 Å². The lowest BCUT2D eigenvalue weighted by Gasteiger charge is -2.24. The molecule has 0 N–H and O–H groups in total. The van der Waals surface area contributed by atoms with Gasteiger partial charge in [0.2, 0.25) is 0 Å². The topological polar surface area (TPSA) is 0 Å². The van der Waals surface area contributed by atoms with Gasteiger partial charge in [0.15, 0.2) is 0 Å². The van der Waals surface area contributed by atoms with Crippen LogP contribution in [0.3, 0.4) is 0 Å². The third kappa shape index (κ3) is 1.74. The summed E-state index contributed by atoms with van der Waals surface area (Å²) in [5.74, 6) is 0.834. The summed E-state index contributed by atoms with van der Waals surface area (Å²) in [6.07, 6.45) is 8.91. The lowest BCUT2D eigenvalue weighted by atomic mass is 9.79. The van der Waals surface area contributed by atoms with Crippen LogP contribution in [0.1, 0.15) is 24.8 Å². The molecule has 2 aromatic rings. The fourth-order valence-electron chi connectivity index (χ4n) is 3.75. The first-order valence-corrected chi connectivity index (χ1v) is 7.21. The molecular formula is C19H18. The molecule has 0 radical (unpaired) electrons. The summed E-state index contributed by atoms with van der Waals surface area (Å²) in [5.41, 5.74) is 4.51. The number of benzene rings is 2. The van der Waals surface area contributed by atoms with Crippen LogP contribution < -0.4 is 0 Å².